The third-order valence-electron chi connectivity index (χ3n) is 1.27. The molecule has 0 aliphatic rings. The van der Waals surface area contributed by atoms with Gasteiger partial charge < -0.3 is 4.74 Å². The second kappa shape index (κ2) is 4.83. The number of nitrogens with two attached hydrogens (primary N) is 1. The minimum Gasteiger partial charge on any atom is -0.444 e. The molecule has 0 aromatic heterocycles. The number of hydrogen-bond donors (Lipinski definition) is 1. The SMILES string of the molecule is C/C(=C\S(=O)(=O)C(F)(F)F)C(=O)OC(C)N. The van der Waals surface area contributed by atoms with Crippen LogP contribution in [0, 0.1) is 0 Å². The molecule has 16 heavy (non-hydrogen) atoms. The van der Waals surface area contributed by atoms with Crippen LogP contribution < -0.4 is 5.73 Å². The number of rotatable bonds is 3. The maximum absolute atomic E-state index is 11.9. The van der Waals surface area contributed by atoms with Crippen molar-refractivity contribution in [3.05, 3.63) is 11.0 Å². The number of sulfone groups is 1. The van der Waals surface area contributed by atoms with Gasteiger partial charge in [0.05, 0.1) is 5.41 Å². The van der Waals surface area contributed by atoms with Crippen LogP contribution in [0.25, 0.3) is 0 Å². The van der Waals surface area contributed by atoms with E-state index in [1.807, 2.05) is 0 Å². The molecule has 0 aliphatic heterocycles. The van der Waals surface area contributed by atoms with Crippen molar-refractivity contribution in [2.75, 3.05) is 0 Å². The molecule has 0 saturated carbocycles. The molecule has 0 fully saturated rings. The van der Waals surface area contributed by atoms with Crippen LogP contribution in [0.4, 0.5) is 13.2 Å². The highest BCUT2D eigenvalue weighted by Crippen LogP contribution is 2.25. The van der Waals surface area contributed by atoms with Crippen LogP contribution in [0.5, 0.6) is 0 Å². The first-order chi connectivity index (χ1) is 6.97. The Kier molecular flexibility index (Phi) is 4.50. The van der Waals surface area contributed by atoms with Crippen molar-refractivity contribution in [1.29, 1.82) is 0 Å². The second-order valence-electron chi connectivity index (χ2n) is 2.90. The molecule has 0 aromatic carbocycles. The standard InChI is InChI=1S/C7H10F3NO4S/c1-4(6(12)15-5(2)11)3-16(13,14)7(8,9)10/h3,5H,11H2,1-2H3/b4-3+. The van der Waals surface area contributed by atoms with E-state index in [0.717, 1.165) is 6.92 Å². The molecular weight excluding hydrogens is 251 g/mol. The van der Waals surface area contributed by atoms with E-state index in [-0.39, 0.29) is 5.41 Å². The average Bonchev–Trinajstić information content (AvgIpc) is 1.99. The van der Waals surface area contributed by atoms with Crippen molar-refractivity contribution in [2.24, 2.45) is 5.73 Å². The number of esters is 1. The van der Waals surface area contributed by atoms with Gasteiger partial charge in [-0.1, -0.05) is 0 Å². The fourth-order valence-corrected chi connectivity index (χ4v) is 1.30. The highest BCUT2D eigenvalue weighted by Gasteiger charge is 2.44. The van der Waals surface area contributed by atoms with Gasteiger partial charge in [0.1, 0.15) is 6.23 Å². The molecule has 0 radical (unpaired) electrons. The van der Waals surface area contributed by atoms with Crippen LogP contribution in [-0.4, -0.2) is 26.1 Å². The van der Waals surface area contributed by atoms with Crippen LogP contribution in [0.3, 0.4) is 0 Å². The molecule has 0 heterocycles. The maximum Gasteiger partial charge on any atom is 0.501 e. The summed E-state index contributed by atoms with van der Waals surface area (Å²) >= 11 is 0. The Labute approximate surface area is 90.0 Å². The average molecular weight is 261 g/mol. The Morgan fingerprint density at radius 2 is 1.88 bits per heavy atom. The second-order valence-corrected chi connectivity index (χ2v) is 4.69. The molecule has 0 aliphatic carbocycles. The lowest BCUT2D eigenvalue weighted by molar-refractivity contribution is -0.143. The molecule has 2 N–H and O–H groups in total. The lowest BCUT2D eigenvalue weighted by Gasteiger charge is -2.08. The van der Waals surface area contributed by atoms with Crippen molar-refractivity contribution in [3.8, 4) is 0 Å². The normalized spacial score (nSPS) is 15.8. The van der Waals surface area contributed by atoms with Crippen LogP contribution in [0.15, 0.2) is 11.0 Å². The Morgan fingerprint density at radius 1 is 1.44 bits per heavy atom. The van der Waals surface area contributed by atoms with Gasteiger partial charge in [-0.15, -0.1) is 0 Å². The monoisotopic (exact) mass is 261 g/mol. The summed E-state index contributed by atoms with van der Waals surface area (Å²) in [4.78, 5) is 11.0. The van der Waals surface area contributed by atoms with Crippen LogP contribution in [0.2, 0.25) is 0 Å². The summed E-state index contributed by atoms with van der Waals surface area (Å²) in [6, 6.07) is 0. The van der Waals surface area contributed by atoms with Crippen molar-refractivity contribution in [1.82, 2.24) is 0 Å². The molecule has 5 nitrogen and oxygen atoms in total. The predicted molar refractivity (Wildman–Crippen MR) is 48.5 cm³/mol. The summed E-state index contributed by atoms with van der Waals surface area (Å²) in [5.74, 6) is -1.22. The molecular formula is C7H10F3NO4S. The van der Waals surface area contributed by atoms with Gasteiger partial charge in [0.2, 0.25) is 0 Å². The van der Waals surface area contributed by atoms with E-state index in [2.05, 4.69) is 4.74 Å². The number of hydrogen-bond acceptors (Lipinski definition) is 5. The lowest BCUT2D eigenvalue weighted by atomic mass is 10.4. The molecule has 0 aromatic rings. The van der Waals surface area contributed by atoms with E-state index >= 15 is 0 Å². The fourth-order valence-electron chi connectivity index (χ4n) is 0.609. The van der Waals surface area contributed by atoms with E-state index in [4.69, 9.17) is 5.73 Å². The van der Waals surface area contributed by atoms with Crippen LogP contribution in [-0.2, 0) is 19.4 Å². The fraction of sp³-hybridized carbons (Fsp3) is 0.571. The number of halogens is 3. The molecule has 94 valence electrons. The number of carbonyl (C=O) groups is 1. The minimum absolute atomic E-state index is 0.197. The molecule has 1 unspecified atom stereocenters. The van der Waals surface area contributed by atoms with Gasteiger partial charge in [-0.2, -0.15) is 13.2 Å². The van der Waals surface area contributed by atoms with Gasteiger partial charge in [0.15, 0.2) is 0 Å². The zero-order chi connectivity index (χ0) is 13.1. The Bertz CT molecular complexity index is 396. The Morgan fingerprint density at radius 3 is 2.19 bits per heavy atom. The summed E-state index contributed by atoms with van der Waals surface area (Å²) in [6.45, 7) is 2.15. The molecule has 0 bridgehead atoms. The van der Waals surface area contributed by atoms with Gasteiger partial charge in [-0.3, -0.25) is 5.73 Å². The zero-order valence-electron chi connectivity index (χ0n) is 8.41. The number of ether oxygens (including phenoxy) is 1. The molecule has 1 atom stereocenters. The van der Waals surface area contributed by atoms with E-state index in [1.165, 1.54) is 6.92 Å². The van der Waals surface area contributed by atoms with Crippen LogP contribution in [0.1, 0.15) is 13.8 Å². The summed E-state index contributed by atoms with van der Waals surface area (Å²) in [5.41, 5.74) is -1.10. The summed E-state index contributed by atoms with van der Waals surface area (Å²) in [5, 5.41) is -0.197. The Balaban J connectivity index is 5.01. The third kappa shape index (κ3) is 4.19. The largest absolute Gasteiger partial charge is 0.501 e. The molecule has 0 saturated heterocycles. The van der Waals surface area contributed by atoms with E-state index in [1.54, 1.807) is 0 Å². The summed E-state index contributed by atoms with van der Waals surface area (Å²) in [7, 11) is -5.48. The number of alkyl halides is 3. The highest BCUT2D eigenvalue weighted by atomic mass is 32.2. The van der Waals surface area contributed by atoms with E-state index < -0.39 is 33.1 Å². The van der Waals surface area contributed by atoms with Crippen molar-refractivity contribution < 1.29 is 31.1 Å². The first-order valence-corrected chi connectivity index (χ1v) is 5.48. The predicted octanol–water partition coefficient (Wildman–Crippen LogP) is 0.673. The maximum atomic E-state index is 11.9. The van der Waals surface area contributed by atoms with Gasteiger partial charge in [0.25, 0.3) is 9.84 Å². The highest BCUT2D eigenvalue weighted by molar-refractivity contribution is 7.95. The molecule has 0 rings (SSSR count). The zero-order valence-corrected chi connectivity index (χ0v) is 9.22. The molecule has 0 amide bonds. The van der Waals surface area contributed by atoms with Crippen molar-refractivity contribution in [2.45, 2.75) is 25.6 Å². The topological polar surface area (TPSA) is 86.5 Å². The molecule has 9 heteroatoms. The van der Waals surface area contributed by atoms with Gasteiger partial charge in [-0.05, 0) is 13.8 Å². The first kappa shape index (κ1) is 14.9. The summed E-state index contributed by atoms with van der Waals surface area (Å²) < 4.78 is 61.3. The van der Waals surface area contributed by atoms with Gasteiger partial charge >= 0.3 is 11.5 Å². The minimum atomic E-state index is -5.48. The first-order valence-electron chi connectivity index (χ1n) is 3.93. The summed E-state index contributed by atoms with van der Waals surface area (Å²) in [6.07, 6.45) is -1.04. The quantitative estimate of drug-likeness (QED) is 0.458. The number of carbonyl (C=O) groups excluding carboxylic acids is 1. The van der Waals surface area contributed by atoms with E-state index in [0.29, 0.717) is 0 Å². The third-order valence-corrected chi connectivity index (χ3v) is 2.58. The lowest BCUT2D eigenvalue weighted by Crippen LogP contribution is -2.25. The van der Waals surface area contributed by atoms with E-state index in [9.17, 15) is 26.4 Å². The smallest absolute Gasteiger partial charge is 0.444 e. The van der Waals surface area contributed by atoms with Gasteiger partial charge in [0, 0.05) is 5.57 Å². The Hall–Kier alpha value is -1.09. The van der Waals surface area contributed by atoms with Crippen molar-refractivity contribution >= 4 is 15.8 Å². The van der Waals surface area contributed by atoms with Gasteiger partial charge in [-0.25, -0.2) is 13.2 Å². The van der Waals surface area contributed by atoms with Crippen LogP contribution >= 0.6 is 0 Å². The molecule has 0 spiro atoms. The van der Waals surface area contributed by atoms with Crippen molar-refractivity contribution in [3.63, 3.8) is 0 Å².